The van der Waals surface area contributed by atoms with Gasteiger partial charge in [-0.05, 0) is 30.4 Å². The van der Waals surface area contributed by atoms with E-state index < -0.39 is 0 Å². The summed E-state index contributed by atoms with van der Waals surface area (Å²) in [6.07, 6.45) is 7.62. The number of hydrogen-bond donors (Lipinski definition) is 2. The Hall–Kier alpha value is -0.820. The van der Waals surface area contributed by atoms with Crippen molar-refractivity contribution in [1.82, 2.24) is 10.2 Å². The van der Waals surface area contributed by atoms with Gasteiger partial charge in [0.05, 0.1) is 6.54 Å². The average Bonchev–Trinajstić information content (AvgIpc) is 2.55. The summed E-state index contributed by atoms with van der Waals surface area (Å²) in [6, 6.07) is 9.29. The molecular weight excluding hydrogens is 399 g/mol. The summed E-state index contributed by atoms with van der Waals surface area (Å²) < 4.78 is 0. The summed E-state index contributed by atoms with van der Waals surface area (Å²) in [5.41, 5.74) is 8.98. The quantitative estimate of drug-likeness (QED) is 0.441. The molecule has 1 aromatic carbocycles. The molecule has 0 atom stereocenters. The highest BCUT2D eigenvalue weighted by atomic mass is 127. The topological polar surface area (TPSA) is 53.6 Å². The molecule has 1 saturated carbocycles. The minimum atomic E-state index is 0. The molecule has 3 rings (SSSR count). The molecular formula is C18H29IN4. The molecule has 2 aliphatic rings. The first-order chi connectivity index (χ1) is 10.8. The maximum atomic E-state index is 6.02. The fraction of sp³-hybridized carbons (Fsp3) is 0.611. The third-order valence-corrected chi connectivity index (χ3v) is 4.87. The Balaban J connectivity index is 0.00000192. The fourth-order valence-electron chi connectivity index (χ4n) is 3.56. The zero-order valence-corrected chi connectivity index (χ0v) is 16.2. The molecule has 1 aromatic rings. The number of fused-ring (bicyclic) bond motifs is 1. The number of rotatable bonds is 4. The van der Waals surface area contributed by atoms with Gasteiger partial charge >= 0.3 is 0 Å². The lowest BCUT2D eigenvalue weighted by Crippen LogP contribution is -2.41. The van der Waals surface area contributed by atoms with Crippen LogP contribution in [0.2, 0.25) is 0 Å². The van der Waals surface area contributed by atoms with E-state index in [-0.39, 0.29) is 24.0 Å². The number of nitrogens with one attached hydrogen (secondary N) is 1. The van der Waals surface area contributed by atoms with E-state index in [4.69, 9.17) is 5.73 Å². The lowest BCUT2D eigenvalue weighted by molar-refractivity contribution is 0.261. The van der Waals surface area contributed by atoms with Crippen molar-refractivity contribution in [2.75, 3.05) is 19.6 Å². The number of aliphatic imine (C=N–C) groups is 1. The molecule has 0 saturated heterocycles. The molecule has 5 heteroatoms. The minimum Gasteiger partial charge on any atom is -0.370 e. The van der Waals surface area contributed by atoms with Crippen LogP contribution in [-0.2, 0) is 13.0 Å². The normalized spacial score (nSPS) is 19.7. The van der Waals surface area contributed by atoms with Crippen LogP contribution < -0.4 is 11.1 Å². The number of hydrogen-bond acceptors (Lipinski definition) is 2. The minimum absolute atomic E-state index is 0. The highest BCUT2D eigenvalue weighted by Crippen LogP contribution is 2.18. The van der Waals surface area contributed by atoms with Crippen molar-refractivity contribution in [2.45, 2.75) is 51.1 Å². The van der Waals surface area contributed by atoms with Crippen molar-refractivity contribution in [1.29, 1.82) is 0 Å². The first-order valence-electron chi connectivity index (χ1n) is 8.67. The van der Waals surface area contributed by atoms with E-state index in [2.05, 4.69) is 39.5 Å². The molecule has 4 nitrogen and oxygen atoms in total. The van der Waals surface area contributed by atoms with Crippen molar-refractivity contribution in [3.8, 4) is 0 Å². The van der Waals surface area contributed by atoms with Crippen LogP contribution in [0, 0.1) is 0 Å². The van der Waals surface area contributed by atoms with Gasteiger partial charge in [-0.25, -0.2) is 0 Å². The summed E-state index contributed by atoms with van der Waals surface area (Å²) in [5, 5.41) is 3.38. The number of benzene rings is 1. The molecule has 128 valence electrons. The Bertz CT molecular complexity index is 511. The Morgan fingerprint density at radius 2 is 1.91 bits per heavy atom. The molecule has 3 N–H and O–H groups in total. The third-order valence-electron chi connectivity index (χ3n) is 4.87. The van der Waals surface area contributed by atoms with Gasteiger partial charge < -0.3 is 11.1 Å². The maximum Gasteiger partial charge on any atom is 0.188 e. The second-order valence-corrected chi connectivity index (χ2v) is 6.54. The van der Waals surface area contributed by atoms with Crippen LogP contribution in [0.25, 0.3) is 0 Å². The summed E-state index contributed by atoms with van der Waals surface area (Å²) in [4.78, 5) is 6.98. The zero-order valence-electron chi connectivity index (χ0n) is 13.8. The summed E-state index contributed by atoms with van der Waals surface area (Å²) in [7, 11) is 0. The van der Waals surface area contributed by atoms with Crippen LogP contribution >= 0.6 is 24.0 Å². The van der Waals surface area contributed by atoms with E-state index in [1.807, 2.05) is 0 Å². The van der Waals surface area contributed by atoms with Gasteiger partial charge in [0, 0.05) is 25.7 Å². The predicted molar refractivity (Wildman–Crippen MR) is 107 cm³/mol. The number of halogens is 1. The van der Waals surface area contributed by atoms with Crippen molar-refractivity contribution < 1.29 is 0 Å². The van der Waals surface area contributed by atoms with Gasteiger partial charge in [-0.2, -0.15) is 0 Å². The Morgan fingerprint density at radius 3 is 2.70 bits per heavy atom. The highest BCUT2D eigenvalue weighted by Gasteiger charge is 2.15. The second-order valence-electron chi connectivity index (χ2n) is 6.54. The predicted octanol–water partition coefficient (Wildman–Crippen LogP) is 2.90. The average molecular weight is 428 g/mol. The first-order valence-corrected chi connectivity index (χ1v) is 8.67. The molecule has 0 amide bonds. The first kappa shape index (κ1) is 18.5. The van der Waals surface area contributed by atoms with Gasteiger partial charge in [-0.1, -0.05) is 43.5 Å². The summed E-state index contributed by atoms with van der Waals surface area (Å²) >= 11 is 0. The maximum absolute atomic E-state index is 6.02. The van der Waals surface area contributed by atoms with E-state index >= 15 is 0 Å². The van der Waals surface area contributed by atoms with Gasteiger partial charge in [0.2, 0.25) is 0 Å². The molecule has 0 spiro atoms. The van der Waals surface area contributed by atoms with E-state index in [9.17, 15) is 0 Å². The van der Waals surface area contributed by atoms with Crippen LogP contribution in [-0.4, -0.2) is 36.5 Å². The second kappa shape index (κ2) is 9.47. The summed E-state index contributed by atoms with van der Waals surface area (Å²) in [5.74, 6) is 0.629. The fourth-order valence-corrected chi connectivity index (χ4v) is 3.56. The molecule has 0 bridgehead atoms. The largest absolute Gasteiger partial charge is 0.370 e. The lowest BCUT2D eigenvalue weighted by atomic mass is 9.96. The molecule has 1 aliphatic carbocycles. The van der Waals surface area contributed by atoms with Gasteiger partial charge in [0.25, 0.3) is 0 Å². The van der Waals surface area contributed by atoms with E-state index in [0.717, 1.165) is 32.6 Å². The van der Waals surface area contributed by atoms with E-state index in [0.29, 0.717) is 12.0 Å². The number of nitrogens with two attached hydrogens (primary N) is 1. The molecule has 1 heterocycles. The van der Waals surface area contributed by atoms with E-state index in [1.165, 1.54) is 43.2 Å². The third kappa shape index (κ3) is 5.64. The molecule has 1 aliphatic heterocycles. The van der Waals surface area contributed by atoms with Gasteiger partial charge in [-0.3, -0.25) is 9.89 Å². The van der Waals surface area contributed by atoms with Crippen LogP contribution in [0.15, 0.2) is 29.3 Å². The number of guanidine groups is 1. The van der Waals surface area contributed by atoms with Crippen molar-refractivity contribution >= 4 is 29.9 Å². The SMILES string of the molecule is I.NC(=NCCN1CCc2ccccc2C1)NC1CCCCC1. The molecule has 1 fully saturated rings. The van der Waals surface area contributed by atoms with Crippen LogP contribution in [0.5, 0.6) is 0 Å². The van der Waals surface area contributed by atoms with Crippen molar-refractivity contribution in [2.24, 2.45) is 10.7 Å². The van der Waals surface area contributed by atoms with E-state index in [1.54, 1.807) is 0 Å². The van der Waals surface area contributed by atoms with Gasteiger partial charge in [0.15, 0.2) is 5.96 Å². The standard InChI is InChI=1S/C18H28N4.HI/c19-18(21-17-8-2-1-3-9-17)20-11-13-22-12-10-15-6-4-5-7-16(15)14-22;/h4-7,17H,1-3,8-14H2,(H3,19,20,21);1H. The number of nitrogens with zero attached hydrogens (tertiary/aromatic N) is 2. The smallest absolute Gasteiger partial charge is 0.188 e. The molecule has 23 heavy (non-hydrogen) atoms. The van der Waals surface area contributed by atoms with Crippen LogP contribution in [0.4, 0.5) is 0 Å². The lowest BCUT2D eigenvalue weighted by Gasteiger charge is -2.28. The van der Waals surface area contributed by atoms with Crippen molar-refractivity contribution in [3.63, 3.8) is 0 Å². The Morgan fingerprint density at radius 1 is 1.17 bits per heavy atom. The van der Waals surface area contributed by atoms with Crippen molar-refractivity contribution in [3.05, 3.63) is 35.4 Å². The zero-order chi connectivity index (χ0) is 15.2. The molecule has 0 aromatic heterocycles. The molecule has 0 unspecified atom stereocenters. The van der Waals surface area contributed by atoms with Crippen LogP contribution in [0.1, 0.15) is 43.2 Å². The highest BCUT2D eigenvalue weighted by molar-refractivity contribution is 14.0. The Kier molecular flexibility index (Phi) is 7.62. The monoisotopic (exact) mass is 428 g/mol. The van der Waals surface area contributed by atoms with Gasteiger partial charge in [-0.15, -0.1) is 24.0 Å². The van der Waals surface area contributed by atoms with Crippen LogP contribution in [0.3, 0.4) is 0 Å². The molecule has 0 radical (unpaired) electrons. The van der Waals surface area contributed by atoms with Gasteiger partial charge in [0.1, 0.15) is 0 Å². The summed E-state index contributed by atoms with van der Waals surface area (Å²) in [6.45, 7) is 3.94. The Labute approximate surface area is 156 Å².